The molecular weight excluding hydrogens is 535 g/mol. The van der Waals surface area contributed by atoms with Gasteiger partial charge in [0.25, 0.3) is 11.8 Å². The number of rotatable bonds is 6. The van der Waals surface area contributed by atoms with Crippen LogP contribution < -0.4 is 14.8 Å². The second kappa shape index (κ2) is 10.4. The molecule has 2 aliphatic rings. The lowest BCUT2D eigenvalue weighted by Gasteiger charge is -2.35. The second-order valence-corrected chi connectivity index (χ2v) is 9.25. The molecular formula is C25H25IN2O5. The number of barbiturate groups is 1. The van der Waals surface area contributed by atoms with Gasteiger partial charge in [-0.2, -0.15) is 0 Å². The highest BCUT2D eigenvalue weighted by atomic mass is 127. The Morgan fingerprint density at radius 1 is 1.09 bits per heavy atom. The van der Waals surface area contributed by atoms with Crippen molar-refractivity contribution < 1.29 is 23.9 Å². The number of carbonyl (C=O) groups is 3. The van der Waals surface area contributed by atoms with E-state index in [1.54, 1.807) is 13.2 Å². The molecule has 1 aliphatic heterocycles. The highest BCUT2D eigenvalue weighted by Gasteiger charge is 2.40. The van der Waals surface area contributed by atoms with E-state index in [2.05, 4.69) is 27.9 Å². The van der Waals surface area contributed by atoms with Crippen molar-refractivity contribution in [3.63, 3.8) is 0 Å². The van der Waals surface area contributed by atoms with Crippen LogP contribution in [0.5, 0.6) is 11.5 Å². The molecule has 2 aromatic rings. The lowest BCUT2D eigenvalue weighted by molar-refractivity contribution is -0.132. The van der Waals surface area contributed by atoms with Crippen molar-refractivity contribution >= 4 is 46.5 Å². The fourth-order valence-corrected chi connectivity index (χ4v) is 4.98. The summed E-state index contributed by atoms with van der Waals surface area (Å²) in [5.74, 6) is -0.152. The molecule has 0 radical (unpaired) electrons. The molecule has 1 saturated heterocycles. The van der Waals surface area contributed by atoms with E-state index >= 15 is 0 Å². The van der Waals surface area contributed by atoms with Gasteiger partial charge < -0.3 is 9.47 Å². The first-order valence-electron chi connectivity index (χ1n) is 10.9. The van der Waals surface area contributed by atoms with Gasteiger partial charge in [0.05, 0.1) is 10.7 Å². The molecule has 4 rings (SSSR count). The summed E-state index contributed by atoms with van der Waals surface area (Å²) in [6, 6.07) is 12.5. The van der Waals surface area contributed by atoms with Crippen LogP contribution in [0.15, 0.2) is 48.0 Å². The predicted molar refractivity (Wildman–Crippen MR) is 132 cm³/mol. The Hall–Kier alpha value is -2.88. The Bertz CT molecular complexity index is 1090. The summed E-state index contributed by atoms with van der Waals surface area (Å²) in [5.41, 5.74) is 1.58. The summed E-state index contributed by atoms with van der Waals surface area (Å²) in [6.07, 6.45) is 6.06. The maximum Gasteiger partial charge on any atom is 0.331 e. The van der Waals surface area contributed by atoms with Crippen LogP contribution in [0.25, 0.3) is 6.08 Å². The van der Waals surface area contributed by atoms with Crippen molar-refractivity contribution in [3.05, 3.63) is 62.7 Å². The number of nitrogens with zero attached hydrogens (tertiary/aromatic N) is 1. The predicted octanol–water partition coefficient (Wildman–Crippen LogP) is 4.67. The summed E-state index contributed by atoms with van der Waals surface area (Å²) < 4.78 is 12.3. The average molecular weight is 560 g/mol. The second-order valence-electron chi connectivity index (χ2n) is 8.09. The molecule has 0 unspecified atom stereocenters. The Morgan fingerprint density at radius 3 is 2.52 bits per heavy atom. The van der Waals surface area contributed by atoms with E-state index in [4.69, 9.17) is 9.47 Å². The third kappa shape index (κ3) is 5.21. The first-order chi connectivity index (χ1) is 16.0. The molecule has 0 spiro atoms. The largest absolute Gasteiger partial charge is 0.493 e. The minimum absolute atomic E-state index is 0.0593. The van der Waals surface area contributed by atoms with Crippen molar-refractivity contribution in [3.8, 4) is 11.5 Å². The van der Waals surface area contributed by atoms with Gasteiger partial charge in [-0.25, -0.2) is 4.79 Å². The SMILES string of the molecule is COc1cc(C=C2C(=O)NC(=O)N(C3CCCCC3)C2=O)cc(I)c1OCc1ccccc1. The number of methoxy groups -OCH3 is 1. The average Bonchev–Trinajstić information content (AvgIpc) is 2.82. The van der Waals surface area contributed by atoms with Crippen LogP contribution in [0.4, 0.5) is 4.79 Å². The third-order valence-corrected chi connectivity index (χ3v) is 6.66. The van der Waals surface area contributed by atoms with E-state index in [9.17, 15) is 14.4 Å². The monoisotopic (exact) mass is 560 g/mol. The fourth-order valence-electron chi connectivity index (χ4n) is 4.20. The summed E-state index contributed by atoms with van der Waals surface area (Å²) in [5, 5.41) is 2.32. The van der Waals surface area contributed by atoms with Gasteiger partial charge in [-0.05, 0) is 64.8 Å². The topological polar surface area (TPSA) is 84.9 Å². The third-order valence-electron chi connectivity index (χ3n) is 5.86. The van der Waals surface area contributed by atoms with Crippen molar-refractivity contribution in [2.45, 2.75) is 44.8 Å². The molecule has 4 amide bonds. The Morgan fingerprint density at radius 2 is 1.82 bits per heavy atom. The highest BCUT2D eigenvalue weighted by Crippen LogP contribution is 2.35. The number of urea groups is 1. The van der Waals surface area contributed by atoms with Gasteiger partial charge in [0, 0.05) is 6.04 Å². The number of hydrogen-bond acceptors (Lipinski definition) is 5. The van der Waals surface area contributed by atoms with Crippen LogP contribution in [-0.2, 0) is 16.2 Å². The molecule has 1 N–H and O–H groups in total. The zero-order chi connectivity index (χ0) is 23.4. The molecule has 172 valence electrons. The molecule has 1 aliphatic carbocycles. The number of ether oxygens (including phenoxy) is 2. The normalized spacial score (nSPS) is 18.4. The van der Waals surface area contributed by atoms with E-state index in [-0.39, 0.29) is 11.6 Å². The van der Waals surface area contributed by atoms with E-state index in [0.717, 1.165) is 41.2 Å². The van der Waals surface area contributed by atoms with Crippen LogP contribution in [0.2, 0.25) is 0 Å². The molecule has 0 aromatic heterocycles. The maximum atomic E-state index is 13.1. The number of carbonyl (C=O) groups excluding carboxylic acids is 3. The zero-order valence-corrected chi connectivity index (χ0v) is 20.5. The van der Waals surface area contributed by atoms with E-state index in [1.807, 2.05) is 36.4 Å². The van der Waals surface area contributed by atoms with Gasteiger partial charge in [-0.15, -0.1) is 0 Å². The summed E-state index contributed by atoms with van der Waals surface area (Å²) >= 11 is 2.14. The lowest BCUT2D eigenvalue weighted by Crippen LogP contribution is -2.58. The van der Waals surface area contributed by atoms with Crippen molar-refractivity contribution in [2.75, 3.05) is 7.11 Å². The highest BCUT2D eigenvalue weighted by molar-refractivity contribution is 14.1. The molecule has 1 saturated carbocycles. The van der Waals surface area contributed by atoms with Gasteiger partial charge in [0.15, 0.2) is 11.5 Å². The number of benzene rings is 2. The van der Waals surface area contributed by atoms with Crippen LogP contribution >= 0.6 is 22.6 Å². The van der Waals surface area contributed by atoms with Crippen molar-refractivity contribution in [2.24, 2.45) is 0 Å². The zero-order valence-electron chi connectivity index (χ0n) is 18.3. The summed E-state index contributed by atoms with van der Waals surface area (Å²) in [4.78, 5) is 39.3. The molecule has 7 nitrogen and oxygen atoms in total. The number of nitrogens with one attached hydrogen (secondary N) is 1. The first-order valence-corrected chi connectivity index (χ1v) is 12.0. The number of imide groups is 2. The van der Waals surface area contributed by atoms with Crippen molar-refractivity contribution in [1.82, 2.24) is 10.2 Å². The molecule has 33 heavy (non-hydrogen) atoms. The summed E-state index contributed by atoms with van der Waals surface area (Å²) in [6.45, 7) is 0.382. The minimum Gasteiger partial charge on any atom is -0.493 e. The molecule has 8 heteroatoms. The molecule has 0 atom stereocenters. The van der Waals surface area contributed by atoms with Gasteiger partial charge in [0.2, 0.25) is 0 Å². The standard InChI is InChI=1S/C25H25IN2O5/c1-32-21-14-17(13-20(26)22(21)33-15-16-8-4-2-5-9-16)12-19-23(29)27-25(31)28(24(19)30)18-10-6-3-7-11-18/h2,4-5,8-9,12-14,18H,3,6-7,10-11,15H2,1H3,(H,27,29,31). The molecule has 2 aromatic carbocycles. The fraction of sp³-hybridized carbons (Fsp3) is 0.320. The van der Waals surface area contributed by atoms with Gasteiger partial charge in [-0.1, -0.05) is 49.6 Å². The van der Waals surface area contributed by atoms with Gasteiger partial charge in [-0.3, -0.25) is 19.8 Å². The Balaban J connectivity index is 1.60. The molecule has 1 heterocycles. The van der Waals surface area contributed by atoms with Gasteiger partial charge in [0.1, 0.15) is 12.2 Å². The molecule has 0 bridgehead atoms. The number of halogens is 1. The van der Waals surface area contributed by atoms with E-state index < -0.39 is 17.8 Å². The quantitative estimate of drug-likeness (QED) is 0.316. The smallest absolute Gasteiger partial charge is 0.331 e. The van der Waals surface area contributed by atoms with Crippen molar-refractivity contribution in [1.29, 1.82) is 0 Å². The number of amides is 4. The van der Waals surface area contributed by atoms with Crippen LogP contribution in [-0.4, -0.2) is 35.9 Å². The lowest BCUT2D eigenvalue weighted by atomic mass is 9.93. The van der Waals surface area contributed by atoms with Gasteiger partial charge >= 0.3 is 6.03 Å². The number of hydrogen-bond donors (Lipinski definition) is 1. The van der Waals surface area contributed by atoms with Crippen LogP contribution in [0.3, 0.4) is 0 Å². The van der Waals surface area contributed by atoms with E-state index in [1.165, 1.54) is 11.0 Å². The maximum absolute atomic E-state index is 13.1. The first kappa shape index (κ1) is 23.3. The summed E-state index contributed by atoms with van der Waals surface area (Å²) in [7, 11) is 1.54. The molecule has 2 fully saturated rings. The van der Waals surface area contributed by atoms with Crippen LogP contribution in [0.1, 0.15) is 43.2 Å². The van der Waals surface area contributed by atoms with Crippen LogP contribution in [0, 0.1) is 3.57 Å². The van der Waals surface area contributed by atoms with E-state index in [0.29, 0.717) is 23.7 Å². The minimum atomic E-state index is -0.685. The Kier molecular flexibility index (Phi) is 7.32. The Labute approximate surface area is 206 Å².